The molecule has 0 bridgehead atoms. The largest absolute Gasteiger partial charge is 0.397 e. The standard InChI is InChI=1S/C13H13FN2S/c1-17-11-4-2-3-10(8-11)16-13-6-5-9(14)7-12(13)15/h2-8,16H,15H2,1H3. The Morgan fingerprint density at radius 3 is 2.71 bits per heavy atom. The van der Waals surface area contributed by atoms with Crippen LogP contribution in [0.2, 0.25) is 0 Å². The van der Waals surface area contributed by atoms with Crippen LogP contribution in [0.5, 0.6) is 0 Å². The molecule has 0 heterocycles. The second-order valence-corrected chi connectivity index (χ2v) is 4.47. The molecule has 0 fully saturated rings. The lowest BCUT2D eigenvalue weighted by Gasteiger charge is -2.10. The zero-order valence-corrected chi connectivity index (χ0v) is 10.2. The van der Waals surface area contributed by atoms with Gasteiger partial charge in [0, 0.05) is 10.6 Å². The van der Waals surface area contributed by atoms with Crippen molar-refractivity contribution in [2.75, 3.05) is 17.3 Å². The molecule has 0 aromatic heterocycles. The van der Waals surface area contributed by atoms with E-state index in [1.807, 2.05) is 30.5 Å². The van der Waals surface area contributed by atoms with Crippen molar-refractivity contribution in [3.63, 3.8) is 0 Å². The van der Waals surface area contributed by atoms with Crippen molar-refractivity contribution in [2.24, 2.45) is 0 Å². The highest BCUT2D eigenvalue weighted by atomic mass is 32.2. The molecule has 0 amide bonds. The number of nitrogen functional groups attached to an aromatic ring is 1. The number of halogens is 1. The molecule has 0 unspecified atom stereocenters. The Labute approximate surface area is 104 Å². The molecule has 0 aliphatic heterocycles. The number of hydrogen-bond donors (Lipinski definition) is 2. The summed E-state index contributed by atoms with van der Waals surface area (Å²) in [5, 5.41) is 3.17. The van der Waals surface area contributed by atoms with Crippen molar-refractivity contribution in [1.29, 1.82) is 0 Å². The van der Waals surface area contributed by atoms with Gasteiger partial charge in [0.1, 0.15) is 5.82 Å². The highest BCUT2D eigenvalue weighted by Crippen LogP contribution is 2.26. The molecule has 2 nitrogen and oxygen atoms in total. The second-order valence-electron chi connectivity index (χ2n) is 3.59. The van der Waals surface area contributed by atoms with E-state index in [1.165, 1.54) is 12.1 Å². The first-order valence-corrected chi connectivity index (χ1v) is 6.37. The van der Waals surface area contributed by atoms with Crippen LogP contribution in [-0.2, 0) is 0 Å². The predicted molar refractivity (Wildman–Crippen MR) is 72.3 cm³/mol. The van der Waals surface area contributed by atoms with Crippen LogP contribution in [0, 0.1) is 5.82 Å². The number of benzene rings is 2. The normalized spacial score (nSPS) is 10.2. The van der Waals surface area contributed by atoms with Crippen molar-refractivity contribution < 1.29 is 4.39 Å². The van der Waals surface area contributed by atoms with Gasteiger partial charge in [-0.15, -0.1) is 11.8 Å². The van der Waals surface area contributed by atoms with E-state index in [4.69, 9.17) is 5.73 Å². The highest BCUT2D eigenvalue weighted by Gasteiger charge is 2.01. The maximum Gasteiger partial charge on any atom is 0.125 e. The van der Waals surface area contributed by atoms with E-state index in [-0.39, 0.29) is 5.82 Å². The van der Waals surface area contributed by atoms with Gasteiger partial charge in [-0.3, -0.25) is 0 Å². The van der Waals surface area contributed by atoms with Gasteiger partial charge in [-0.05, 0) is 42.7 Å². The second kappa shape index (κ2) is 5.10. The Kier molecular flexibility index (Phi) is 3.54. The van der Waals surface area contributed by atoms with E-state index in [2.05, 4.69) is 5.32 Å². The minimum absolute atomic E-state index is 0.328. The average molecular weight is 248 g/mol. The van der Waals surface area contributed by atoms with Gasteiger partial charge in [0.05, 0.1) is 11.4 Å². The van der Waals surface area contributed by atoms with Crippen LogP contribution in [0.3, 0.4) is 0 Å². The summed E-state index contributed by atoms with van der Waals surface area (Å²) in [5.74, 6) is -0.328. The van der Waals surface area contributed by atoms with Crippen LogP contribution >= 0.6 is 11.8 Å². The van der Waals surface area contributed by atoms with Crippen LogP contribution in [0.25, 0.3) is 0 Å². The molecule has 4 heteroatoms. The number of thioether (sulfide) groups is 1. The lowest BCUT2D eigenvalue weighted by molar-refractivity contribution is 0.628. The zero-order valence-electron chi connectivity index (χ0n) is 9.41. The fourth-order valence-electron chi connectivity index (χ4n) is 1.50. The molecule has 0 aliphatic rings. The third-order valence-electron chi connectivity index (χ3n) is 2.36. The van der Waals surface area contributed by atoms with Crippen LogP contribution in [-0.4, -0.2) is 6.26 Å². The van der Waals surface area contributed by atoms with Gasteiger partial charge < -0.3 is 11.1 Å². The topological polar surface area (TPSA) is 38.0 Å². The Bertz CT molecular complexity index is 529. The van der Waals surface area contributed by atoms with Crippen molar-refractivity contribution in [3.05, 3.63) is 48.3 Å². The van der Waals surface area contributed by atoms with Crippen molar-refractivity contribution >= 4 is 28.8 Å². The van der Waals surface area contributed by atoms with E-state index >= 15 is 0 Å². The first kappa shape index (κ1) is 11.8. The third-order valence-corrected chi connectivity index (χ3v) is 3.09. The third kappa shape index (κ3) is 2.91. The van der Waals surface area contributed by atoms with Gasteiger partial charge in [-0.2, -0.15) is 0 Å². The number of nitrogens with one attached hydrogen (secondary N) is 1. The van der Waals surface area contributed by atoms with Crippen molar-refractivity contribution in [1.82, 2.24) is 0 Å². The van der Waals surface area contributed by atoms with Gasteiger partial charge in [-0.1, -0.05) is 6.07 Å². The Balaban J connectivity index is 2.25. The molecule has 0 spiro atoms. The fraction of sp³-hybridized carbons (Fsp3) is 0.0769. The minimum Gasteiger partial charge on any atom is -0.397 e. The molecule has 0 radical (unpaired) electrons. The number of anilines is 3. The molecule has 2 aromatic carbocycles. The molecular weight excluding hydrogens is 235 g/mol. The average Bonchev–Trinajstić information content (AvgIpc) is 2.33. The summed E-state index contributed by atoms with van der Waals surface area (Å²) in [6, 6.07) is 12.3. The SMILES string of the molecule is CSc1cccc(Nc2ccc(F)cc2N)c1. The quantitative estimate of drug-likeness (QED) is 0.639. The number of nitrogens with two attached hydrogens (primary N) is 1. The Hall–Kier alpha value is -1.68. The lowest BCUT2D eigenvalue weighted by Crippen LogP contribution is -1.96. The van der Waals surface area contributed by atoms with E-state index < -0.39 is 0 Å². The number of rotatable bonds is 3. The zero-order chi connectivity index (χ0) is 12.3. The van der Waals surface area contributed by atoms with Gasteiger partial charge in [-0.25, -0.2) is 4.39 Å². The van der Waals surface area contributed by atoms with Gasteiger partial charge in [0.25, 0.3) is 0 Å². The highest BCUT2D eigenvalue weighted by molar-refractivity contribution is 7.98. The van der Waals surface area contributed by atoms with Gasteiger partial charge in [0.15, 0.2) is 0 Å². The van der Waals surface area contributed by atoms with E-state index in [9.17, 15) is 4.39 Å². The fourth-order valence-corrected chi connectivity index (χ4v) is 1.96. The smallest absolute Gasteiger partial charge is 0.125 e. The van der Waals surface area contributed by atoms with Crippen molar-refractivity contribution in [2.45, 2.75) is 4.90 Å². The first-order chi connectivity index (χ1) is 8.19. The van der Waals surface area contributed by atoms with E-state index in [1.54, 1.807) is 17.8 Å². The maximum atomic E-state index is 12.9. The van der Waals surface area contributed by atoms with Crippen LogP contribution < -0.4 is 11.1 Å². The van der Waals surface area contributed by atoms with Gasteiger partial charge in [0.2, 0.25) is 0 Å². The van der Waals surface area contributed by atoms with Crippen LogP contribution in [0.4, 0.5) is 21.5 Å². The summed E-state index contributed by atoms with van der Waals surface area (Å²) < 4.78 is 12.9. The monoisotopic (exact) mass is 248 g/mol. The molecule has 2 aromatic rings. The maximum absolute atomic E-state index is 12.9. The van der Waals surface area contributed by atoms with Crippen molar-refractivity contribution in [3.8, 4) is 0 Å². The summed E-state index contributed by atoms with van der Waals surface area (Å²) in [6.07, 6.45) is 2.02. The summed E-state index contributed by atoms with van der Waals surface area (Å²) in [6.45, 7) is 0. The molecule has 0 atom stereocenters. The van der Waals surface area contributed by atoms with Crippen LogP contribution in [0.1, 0.15) is 0 Å². The van der Waals surface area contributed by atoms with Gasteiger partial charge >= 0.3 is 0 Å². The molecule has 2 rings (SSSR count). The first-order valence-electron chi connectivity index (χ1n) is 5.15. The Morgan fingerprint density at radius 2 is 2.00 bits per heavy atom. The van der Waals surface area contributed by atoms with Crippen LogP contribution in [0.15, 0.2) is 47.4 Å². The summed E-state index contributed by atoms with van der Waals surface area (Å²) in [7, 11) is 0. The molecular formula is C13H13FN2S. The molecule has 88 valence electrons. The van der Waals surface area contributed by atoms with E-state index in [0.717, 1.165) is 10.6 Å². The summed E-state index contributed by atoms with van der Waals surface area (Å²) in [4.78, 5) is 1.16. The summed E-state index contributed by atoms with van der Waals surface area (Å²) >= 11 is 1.67. The molecule has 0 saturated carbocycles. The predicted octanol–water partition coefficient (Wildman–Crippen LogP) is 3.87. The van der Waals surface area contributed by atoms with E-state index in [0.29, 0.717) is 11.4 Å². The molecule has 17 heavy (non-hydrogen) atoms. The molecule has 0 aliphatic carbocycles. The minimum atomic E-state index is -0.328. The molecule has 0 saturated heterocycles. The number of hydrogen-bond acceptors (Lipinski definition) is 3. The lowest BCUT2D eigenvalue weighted by atomic mass is 10.2. The molecule has 3 N–H and O–H groups in total. The summed E-state index contributed by atoms with van der Waals surface area (Å²) in [5.41, 5.74) is 7.79. The Morgan fingerprint density at radius 1 is 1.18 bits per heavy atom.